The fourth-order valence-corrected chi connectivity index (χ4v) is 4.05. The topological polar surface area (TPSA) is 74.9 Å². The quantitative estimate of drug-likeness (QED) is 0.364. The number of aromatic nitrogens is 3. The smallest absolute Gasteiger partial charge is 0.143 e. The normalized spacial score (nSPS) is 14.7. The van der Waals surface area contributed by atoms with Crippen molar-refractivity contribution in [1.82, 2.24) is 20.3 Å². The second kappa shape index (κ2) is 9.24. The Hall–Kier alpha value is -3.00. The van der Waals surface area contributed by atoms with E-state index < -0.39 is 5.82 Å². The molecule has 5 rings (SSSR count). The van der Waals surface area contributed by atoms with Gasteiger partial charge < -0.3 is 20.4 Å². The summed E-state index contributed by atoms with van der Waals surface area (Å²) in [5, 5.41) is 7.70. The van der Waals surface area contributed by atoms with Gasteiger partial charge in [-0.1, -0.05) is 35.9 Å². The molecular formula is C24H23ClFN5O. The van der Waals surface area contributed by atoms with Crippen LogP contribution in [0.25, 0.3) is 22.3 Å². The molecule has 0 unspecified atom stereocenters. The van der Waals surface area contributed by atoms with Crippen LogP contribution in [0.4, 0.5) is 15.9 Å². The first-order valence-electron chi connectivity index (χ1n) is 10.6. The van der Waals surface area contributed by atoms with E-state index in [1.54, 1.807) is 6.07 Å². The zero-order valence-electron chi connectivity index (χ0n) is 17.4. The Morgan fingerprint density at radius 1 is 1.06 bits per heavy atom. The van der Waals surface area contributed by atoms with Gasteiger partial charge in [0.2, 0.25) is 0 Å². The van der Waals surface area contributed by atoms with Crippen LogP contribution < -0.4 is 10.6 Å². The number of halogens is 2. The van der Waals surface area contributed by atoms with Crippen molar-refractivity contribution in [2.24, 2.45) is 0 Å². The highest BCUT2D eigenvalue weighted by atomic mass is 35.5. The number of hydrogen-bond acceptors (Lipinski definition) is 5. The molecule has 1 aliphatic heterocycles. The maximum atomic E-state index is 13.5. The van der Waals surface area contributed by atoms with E-state index in [0.717, 1.165) is 54.9 Å². The summed E-state index contributed by atoms with van der Waals surface area (Å²) in [4.78, 5) is 12.1. The summed E-state index contributed by atoms with van der Waals surface area (Å²) < 4.78 is 18.9. The molecule has 0 atom stereocenters. The molecular weight excluding hydrogens is 429 g/mol. The fraction of sp³-hybridized carbons (Fsp3) is 0.250. The van der Waals surface area contributed by atoms with Crippen LogP contribution in [0.1, 0.15) is 18.4 Å². The SMILES string of the molecule is Fc1ccc(Nc2ncnc3[nH]c(-c4ccc(CNC5CCOCC5)cc4)cc23)cc1Cl. The molecule has 1 saturated heterocycles. The van der Waals surface area contributed by atoms with E-state index in [1.807, 2.05) is 6.07 Å². The molecule has 2 aromatic heterocycles. The van der Waals surface area contributed by atoms with Crippen LogP contribution >= 0.6 is 11.6 Å². The van der Waals surface area contributed by atoms with Crippen molar-refractivity contribution >= 4 is 34.1 Å². The van der Waals surface area contributed by atoms with Crippen LogP contribution in [0.5, 0.6) is 0 Å². The standard InChI is InChI=1S/C24H23ClFN5O/c25-20-11-18(5-6-21(20)26)30-23-19-12-22(31-24(19)29-14-28-23)16-3-1-15(2-4-16)13-27-17-7-9-32-10-8-17/h1-6,11-12,14,17,27H,7-10,13H2,(H2,28,29,30,31). The van der Waals surface area contributed by atoms with E-state index in [4.69, 9.17) is 16.3 Å². The predicted molar refractivity (Wildman–Crippen MR) is 125 cm³/mol. The van der Waals surface area contributed by atoms with Crippen LogP contribution in [-0.4, -0.2) is 34.2 Å². The summed E-state index contributed by atoms with van der Waals surface area (Å²) in [7, 11) is 0. The molecule has 0 spiro atoms. The van der Waals surface area contributed by atoms with Crippen molar-refractivity contribution in [3.8, 4) is 11.3 Å². The number of hydrogen-bond donors (Lipinski definition) is 3. The Bertz CT molecular complexity index is 1220. The minimum Gasteiger partial charge on any atom is -0.381 e. The summed E-state index contributed by atoms with van der Waals surface area (Å²) in [5.41, 5.74) is 4.63. The highest BCUT2D eigenvalue weighted by Gasteiger charge is 2.13. The number of rotatable bonds is 6. The summed E-state index contributed by atoms with van der Waals surface area (Å²) in [6.07, 6.45) is 3.62. The van der Waals surface area contributed by atoms with Crippen molar-refractivity contribution in [3.05, 3.63) is 71.3 Å². The lowest BCUT2D eigenvalue weighted by Crippen LogP contribution is -2.34. The monoisotopic (exact) mass is 451 g/mol. The van der Waals surface area contributed by atoms with Gasteiger partial charge in [-0.05, 0) is 48.2 Å². The van der Waals surface area contributed by atoms with Crippen molar-refractivity contribution in [2.45, 2.75) is 25.4 Å². The molecule has 0 aliphatic carbocycles. The maximum Gasteiger partial charge on any atom is 0.143 e. The zero-order chi connectivity index (χ0) is 21.9. The van der Waals surface area contributed by atoms with Crippen LogP contribution in [0.15, 0.2) is 54.9 Å². The average Bonchev–Trinajstić information content (AvgIpc) is 3.27. The van der Waals surface area contributed by atoms with Gasteiger partial charge in [-0.25, -0.2) is 14.4 Å². The highest BCUT2D eigenvalue weighted by molar-refractivity contribution is 6.31. The van der Waals surface area contributed by atoms with Crippen LogP contribution in [0.3, 0.4) is 0 Å². The zero-order valence-corrected chi connectivity index (χ0v) is 18.1. The Morgan fingerprint density at radius 2 is 1.88 bits per heavy atom. The number of benzene rings is 2. The van der Waals surface area contributed by atoms with Crippen molar-refractivity contribution in [1.29, 1.82) is 0 Å². The Labute approximate surface area is 190 Å². The van der Waals surface area contributed by atoms with Gasteiger partial charge in [-0.3, -0.25) is 0 Å². The lowest BCUT2D eigenvalue weighted by atomic mass is 10.1. The lowest BCUT2D eigenvalue weighted by Gasteiger charge is -2.23. The Morgan fingerprint density at radius 3 is 2.66 bits per heavy atom. The molecule has 6 nitrogen and oxygen atoms in total. The molecule has 32 heavy (non-hydrogen) atoms. The Kier molecular flexibility index (Phi) is 6.03. The van der Waals surface area contributed by atoms with E-state index in [9.17, 15) is 4.39 Å². The first kappa shape index (κ1) is 20.9. The molecule has 0 radical (unpaired) electrons. The molecule has 1 aliphatic rings. The highest BCUT2D eigenvalue weighted by Crippen LogP contribution is 2.29. The van der Waals surface area contributed by atoms with Crippen LogP contribution in [0, 0.1) is 5.82 Å². The summed E-state index contributed by atoms with van der Waals surface area (Å²) in [6, 6.07) is 15.5. The first-order chi connectivity index (χ1) is 15.7. The van der Waals surface area contributed by atoms with Crippen LogP contribution in [0.2, 0.25) is 5.02 Å². The lowest BCUT2D eigenvalue weighted by molar-refractivity contribution is 0.0776. The molecule has 1 fully saturated rings. The number of fused-ring (bicyclic) bond motifs is 1. The summed E-state index contributed by atoms with van der Waals surface area (Å²) in [5.74, 6) is 0.165. The molecule has 0 bridgehead atoms. The minimum absolute atomic E-state index is 0.0569. The van der Waals surface area contributed by atoms with Gasteiger partial charge in [-0.2, -0.15) is 0 Å². The molecule has 164 valence electrons. The third-order valence-electron chi connectivity index (χ3n) is 5.69. The molecule has 4 aromatic rings. The number of nitrogens with zero attached hydrogens (tertiary/aromatic N) is 2. The van der Waals surface area contributed by atoms with E-state index in [-0.39, 0.29) is 5.02 Å². The van der Waals surface area contributed by atoms with Gasteiger partial charge in [0.15, 0.2) is 0 Å². The van der Waals surface area contributed by atoms with E-state index in [0.29, 0.717) is 17.5 Å². The number of nitrogens with one attached hydrogen (secondary N) is 3. The van der Waals surface area contributed by atoms with E-state index >= 15 is 0 Å². The van der Waals surface area contributed by atoms with E-state index in [2.05, 4.69) is 49.9 Å². The molecule has 2 aromatic carbocycles. The third kappa shape index (κ3) is 4.60. The first-order valence-corrected chi connectivity index (χ1v) is 11.0. The number of H-pyrrole nitrogens is 1. The van der Waals surface area contributed by atoms with Gasteiger partial charge >= 0.3 is 0 Å². The molecule has 0 amide bonds. The Balaban J connectivity index is 1.33. The fourth-order valence-electron chi connectivity index (χ4n) is 3.87. The average molecular weight is 452 g/mol. The van der Waals surface area contributed by atoms with Gasteiger partial charge in [0.1, 0.15) is 23.6 Å². The molecule has 3 N–H and O–H groups in total. The largest absolute Gasteiger partial charge is 0.381 e. The minimum atomic E-state index is -0.458. The number of anilines is 2. The van der Waals surface area contributed by atoms with Crippen LogP contribution in [-0.2, 0) is 11.3 Å². The van der Waals surface area contributed by atoms with Gasteiger partial charge in [0.05, 0.1) is 10.4 Å². The number of aromatic amines is 1. The number of ether oxygens (including phenoxy) is 1. The van der Waals surface area contributed by atoms with Gasteiger partial charge in [-0.15, -0.1) is 0 Å². The molecule has 0 saturated carbocycles. The third-order valence-corrected chi connectivity index (χ3v) is 5.98. The van der Waals surface area contributed by atoms with E-state index in [1.165, 1.54) is 24.0 Å². The summed E-state index contributed by atoms with van der Waals surface area (Å²) in [6.45, 7) is 2.52. The van der Waals surface area contributed by atoms with Gasteiger partial charge in [0, 0.05) is 37.2 Å². The molecule has 3 heterocycles. The maximum absolute atomic E-state index is 13.5. The van der Waals surface area contributed by atoms with Crippen molar-refractivity contribution in [2.75, 3.05) is 18.5 Å². The molecule has 8 heteroatoms. The van der Waals surface area contributed by atoms with Crippen molar-refractivity contribution in [3.63, 3.8) is 0 Å². The second-order valence-electron chi connectivity index (χ2n) is 7.89. The second-order valence-corrected chi connectivity index (χ2v) is 8.29. The summed E-state index contributed by atoms with van der Waals surface area (Å²) >= 11 is 5.90. The van der Waals surface area contributed by atoms with Crippen molar-refractivity contribution < 1.29 is 9.13 Å². The van der Waals surface area contributed by atoms with Gasteiger partial charge in [0.25, 0.3) is 0 Å². The predicted octanol–water partition coefficient (Wildman–Crippen LogP) is 5.43.